The molecule has 0 aromatic heterocycles. The van der Waals surface area contributed by atoms with Gasteiger partial charge in [0, 0.05) is 19.2 Å². The van der Waals surface area contributed by atoms with Crippen LogP contribution in [0.15, 0.2) is 49.0 Å². The van der Waals surface area contributed by atoms with Crippen molar-refractivity contribution in [1.82, 2.24) is 5.32 Å². The molecule has 0 saturated heterocycles. The van der Waals surface area contributed by atoms with Gasteiger partial charge >= 0.3 is 0 Å². The molecule has 0 saturated carbocycles. The summed E-state index contributed by atoms with van der Waals surface area (Å²) in [4.78, 5) is 10.9. The molecule has 0 unspecified atom stereocenters. The number of hydrogen-bond acceptors (Lipinski definition) is 2. The average Bonchev–Trinajstić information content (AvgIpc) is 2.64. The number of rotatable bonds is 4. The number of para-hydroxylation sites is 1. The zero-order valence-electron chi connectivity index (χ0n) is 17.1. The maximum Gasteiger partial charge on any atom is 0.217 e. The van der Waals surface area contributed by atoms with Gasteiger partial charge in [-0.3, -0.25) is 4.79 Å². The molecule has 3 N–H and O–H groups in total. The third-order valence-corrected chi connectivity index (χ3v) is 3.80. The predicted octanol–water partition coefficient (Wildman–Crippen LogP) is 5.52. The molecule has 0 spiro atoms. The first-order valence-corrected chi connectivity index (χ1v) is 9.19. The molecule has 2 aromatic rings. The second kappa shape index (κ2) is 12.8. The Kier molecular flexibility index (Phi) is 11.5. The van der Waals surface area contributed by atoms with Crippen molar-refractivity contribution in [3.8, 4) is 0 Å². The van der Waals surface area contributed by atoms with E-state index in [2.05, 4.69) is 31.0 Å². The fourth-order valence-electron chi connectivity index (χ4n) is 2.42. The molecule has 2 rings (SSSR count). The zero-order valence-corrected chi connectivity index (χ0v) is 17.1. The number of carbonyl (C=O) groups excluding carboxylic acids is 1. The smallest absolute Gasteiger partial charge is 0.217 e. The van der Waals surface area contributed by atoms with Crippen LogP contribution in [0.3, 0.4) is 0 Å². The number of nitrogen functional groups attached to an aromatic ring is 1. The summed E-state index contributed by atoms with van der Waals surface area (Å²) < 4.78 is 0. The van der Waals surface area contributed by atoms with Crippen molar-refractivity contribution in [2.24, 2.45) is 0 Å². The van der Waals surface area contributed by atoms with E-state index in [4.69, 9.17) is 5.73 Å². The van der Waals surface area contributed by atoms with Crippen molar-refractivity contribution in [1.29, 1.82) is 0 Å². The second-order valence-corrected chi connectivity index (χ2v) is 5.84. The lowest BCUT2D eigenvalue weighted by Crippen LogP contribution is -2.20. The Balaban J connectivity index is 0.000000522. The molecule has 0 bridgehead atoms. The minimum atomic E-state index is 0.00258. The first-order valence-electron chi connectivity index (χ1n) is 9.19. The number of anilines is 1. The second-order valence-electron chi connectivity index (χ2n) is 5.84. The normalized spacial score (nSPS) is 9.15. The zero-order chi connectivity index (χ0) is 20.1. The van der Waals surface area contributed by atoms with E-state index >= 15 is 0 Å². The van der Waals surface area contributed by atoms with E-state index in [1.54, 1.807) is 0 Å². The number of nitrogens with two attached hydrogens (primary N) is 1. The van der Waals surface area contributed by atoms with Gasteiger partial charge in [-0.25, -0.2) is 0 Å². The fraction of sp³-hybridized carbons (Fsp3) is 0.348. The van der Waals surface area contributed by atoms with Gasteiger partial charge in [-0.05, 0) is 48.6 Å². The number of carbonyl (C=O) groups is 1. The largest absolute Gasteiger partial charge is 0.399 e. The molecule has 26 heavy (non-hydrogen) atoms. The number of hydrogen-bond donors (Lipinski definition) is 2. The van der Waals surface area contributed by atoms with E-state index in [1.165, 1.54) is 23.6 Å². The van der Waals surface area contributed by atoms with Crippen LogP contribution in [0.1, 0.15) is 56.9 Å². The number of benzene rings is 2. The maximum absolute atomic E-state index is 10.9. The Morgan fingerprint density at radius 1 is 1.08 bits per heavy atom. The molecule has 0 aliphatic heterocycles. The van der Waals surface area contributed by atoms with E-state index in [9.17, 15) is 4.79 Å². The van der Waals surface area contributed by atoms with Crippen LogP contribution in [0, 0.1) is 6.92 Å². The lowest BCUT2D eigenvalue weighted by molar-refractivity contribution is -0.119. The molecule has 0 radical (unpaired) electrons. The van der Waals surface area contributed by atoms with Gasteiger partial charge < -0.3 is 11.1 Å². The summed E-state index contributed by atoms with van der Waals surface area (Å²) in [5, 5.41) is 2.83. The molecule has 0 heterocycles. The van der Waals surface area contributed by atoms with E-state index < -0.39 is 0 Å². The number of nitrogens with one attached hydrogen (secondary N) is 1. The summed E-state index contributed by atoms with van der Waals surface area (Å²) in [6, 6.07) is 14.0. The van der Waals surface area contributed by atoms with Gasteiger partial charge in [-0.15, -0.1) is 0 Å². The van der Waals surface area contributed by atoms with Crippen molar-refractivity contribution in [2.45, 2.75) is 54.5 Å². The van der Waals surface area contributed by atoms with Crippen molar-refractivity contribution in [3.05, 3.63) is 71.3 Å². The molecule has 0 fully saturated rings. The highest BCUT2D eigenvalue weighted by Crippen LogP contribution is 2.21. The standard InChI is InChI=1S/C14H19NO.C7H9N.C2H6/c1-5-13-12(9-15-11(4)16)7-6-8-14(13)10(2)3;1-6-4-2-3-5-7(6)8;1-2/h6-8H,2,5,9H2,1,3-4H3,(H,15,16);2-5H,8H2,1H3;1-2H3. The Labute approximate surface area is 159 Å². The Hall–Kier alpha value is -2.55. The van der Waals surface area contributed by atoms with Crippen molar-refractivity contribution in [3.63, 3.8) is 0 Å². The van der Waals surface area contributed by atoms with Gasteiger partial charge in [0.1, 0.15) is 0 Å². The van der Waals surface area contributed by atoms with Gasteiger partial charge in [-0.2, -0.15) is 0 Å². The Morgan fingerprint density at radius 2 is 1.69 bits per heavy atom. The SMILES string of the molecule is C=C(C)c1cccc(CNC(C)=O)c1CC.CC.Cc1ccccc1N. The first kappa shape index (κ1) is 23.4. The molecular formula is C23H34N2O. The highest BCUT2D eigenvalue weighted by molar-refractivity contribution is 5.73. The van der Waals surface area contributed by atoms with Gasteiger partial charge in [0.2, 0.25) is 5.91 Å². The molecule has 3 heteroatoms. The molecule has 1 amide bonds. The van der Waals surface area contributed by atoms with Crippen LogP contribution in [0.5, 0.6) is 0 Å². The van der Waals surface area contributed by atoms with E-state index in [1.807, 2.05) is 58.0 Å². The molecule has 0 aliphatic rings. The summed E-state index contributed by atoms with van der Waals surface area (Å²) in [6.45, 7) is 16.2. The molecular weight excluding hydrogens is 320 g/mol. The van der Waals surface area contributed by atoms with Crippen LogP contribution in [0.2, 0.25) is 0 Å². The van der Waals surface area contributed by atoms with Crippen LogP contribution in [0.25, 0.3) is 5.57 Å². The summed E-state index contributed by atoms with van der Waals surface area (Å²) in [7, 11) is 0. The maximum atomic E-state index is 10.9. The van der Waals surface area contributed by atoms with Crippen LogP contribution >= 0.6 is 0 Å². The highest BCUT2D eigenvalue weighted by Gasteiger charge is 2.07. The number of allylic oxidation sites excluding steroid dienone is 1. The van der Waals surface area contributed by atoms with E-state index in [0.717, 1.165) is 23.2 Å². The minimum absolute atomic E-state index is 0.00258. The highest BCUT2D eigenvalue weighted by atomic mass is 16.1. The first-order chi connectivity index (χ1) is 12.4. The van der Waals surface area contributed by atoms with Crippen molar-refractivity contribution >= 4 is 17.2 Å². The molecule has 142 valence electrons. The Bertz CT molecular complexity index is 684. The predicted molar refractivity (Wildman–Crippen MR) is 115 cm³/mol. The van der Waals surface area contributed by atoms with Gasteiger partial charge in [0.25, 0.3) is 0 Å². The average molecular weight is 355 g/mol. The van der Waals surface area contributed by atoms with Gasteiger partial charge in [-0.1, -0.05) is 69.3 Å². The van der Waals surface area contributed by atoms with E-state index in [0.29, 0.717) is 6.54 Å². The van der Waals surface area contributed by atoms with E-state index in [-0.39, 0.29) is 5.91 Å². The fourth-order valence-corrected chi connectivity index (χ4v) is 2.42. The number of amides is 1. The lowest BCUT2D eigenvalue weighted by Gasteiger charge is -2.13. The lowest BCUT2D eigenvalue weighted by atomic mass is 9.95. The van der Waals surface area contributed by atoms with Crippen molar-refractivity contribution in [2.75, 3.05) is 5.73 Å². The van der Waals surface area contributed by atoms with Gasteiger partial charge in [0.15, 0.2) is 0 Å². The third-order valence-electron chi connectivity index (χ3n) is 3.80. The van der Waals surface area contributed by atoms with Crippen LogP contribution in [-0.4, -0.2) is 5.91 Å². The minimum Gasteiger partial charge on any atom is -0.399 e. The van der Waals surface area contributed by atoms with Gasteiger partial charge in [0.05, 0.1) is 0 Å². The summed E-state index contributed by atoms with van der Waals surface area (Å²) >= 11 is 0. The summed E-state index contributed by atoms with van der Waals surface area (Å²) in [5.41, 5.74) is 12.3. The monoisotopic (exact) mass is 354 g/mol. The molecule has 2 aromatic carbocycles. The summed E-state index contributed by atoms with van der Waals surface area (Å²) in [6.07, 6.45) is 0.956. The van der Waals surface area contributed by atoms with Crippen LogP contribution in [0.4, 0.5) is 5.69 Å². The molecule has 3 nitrogen and oxygen atoms in total. The quantitative estimate of drug-likeness (QED) is 0.710. The topological polar surface area (TPSA) is 55.1 Å². The summed E-state index contributed by atoms with van der Waals surface area (Å²) in [5.74, 6) is 0.00258. The van der Waals surface area contributed by atoms with Crippen LogP contribution in [-0.2, 0) is 17.8 Å². The molecule has 0 aliphatic carbocycles. The molecule has 0 atom stereocenters. The third kappa shape index (κ3) is 8.02. The Morgan fingerprint density at radius 3 is 2.12 bits per heavy atom. The van der Waals surface area contributed by atoms with Crippen molar-refractivity contribution < 1.29 is 4.79 Å². The number of aryl methyl sites for hydroxylation is 1. The van der Waals surface area contributed by atoms with Crippen LogP contribution < -0.4 is 11.1 Å².